The molecule has 0 saturated carbocycles. The second-order valence-electron chi connectivity index (χ2n) is 11.9. The molecule has 1 aliphatic rings. The van der Waals surface area contributed by atoms with Crippen LogP contribution in [-0.2, 0) is 32.2 Å². The molecule has 44 heavy (non-hydrogen) atoms. The van der Waals surface area contributed by atoms with Crippen molar-refractivity contribution in [3.05, 3.63) is 86.8 Å². The van der Waals surface area contributed by atoms with E-state index in [9.17, 15) is 19.2 Å². The third kappa shape index (κ3) is 8.92. The van der Waals surface area contributed by atoms with Crippen LogP contribution in [0.4, 0.5) is 4.79 Å². The number of aromatic nitrogens is 2. The molecule has 234 valence electrons. The van der Waals surface area contributed by atoms with Gasteiger partial charge in [-0.25, -0.2) is 14.6 Å². The lowest BCUT2D eigenvalue weighted by Crippen LogP contribution is -2.49. The van der Waals surface area contributed by atoms with Crippen LogP contribution in [-0.4, -0.2) is 51.0 Å². The van der Waals surface area contributed by atoms with Gasteiger partial charge in [-0.05, 0) is 57.0 Å². The average Bonchev–Trinajstić information content (AvgIpc) is 2.98. The quantitative estimate of drug-likeness (QED) is 0.276. The molecular weight excluding hydrogens is 584 g/mol. The summed E-state index contributed by atoms with van der Waals surface area (Å²) in [5, 5.41) is 3.09. The highest BCUT2D eigenvalue weighted by atomic mass is 35.5. The molecule has 2 heterocycles. The maximum atomic E-state index is 13.7. The van der Waals surface area contributed by atoms with Gasteiger partial charge in [-0.15, -0.1) is 0 Å². The summed E-state index contributed by atoms with van der Waals surface area (Å²) < 4.78 is 10.8. The van der Waals surface area contributed by atoms with Crippen LogP contribution < -0.4 is 10.9 Å². The molecule has 1 aromatic heterocycles. The van der Waals surface area contributed by atoms with E-state index >= 15 is 0 Å². The van der Waals surface area contributed by atoms with Crippen molar-refractivity contribution < 1.29 is 23.9 Å². The summed E-state index contributed by atoms with van der Waals surface area (Å²) >= 11 is 6.04. The van der Waals surface area contributed by atoms with Gasteiger partial charge in [-0.1, -0.05) is 61.7 Å². The minimum Gasteiger partial charge on any atom is -0.459 e. The van der Waals surface area contributed by atoms with Gasteiger partial charge in [0.25, 0.3) is 5.56 Å². The number of unbranched alkanes of at least 4 members (excludes halogenated alkanes) is 1. The number of fused-ring (bicyclic) bond motifs is 1. The summed E-state index contributed by atoms with van der Waals surface area (Å²) in [4.78, 5) is 62.0. The normalized spacial score (nSPS) is 15.2. The van der Waals surface area contributed by atoms with E-state index in [4.69, 9.17) is 26.1 Å². The third-order valence-electron chi connectivity index (χ3n) is 7.18. The van der Waals surface area contributed by atoms with E-state index in [0.29, 0.717) is 28.6 Å². The van der Waals surface area contributed by atoms with E-state index in [1.165, 1.54) is 0 Å². The standard InChI is InChI=1S/C33H39ClN4O6/c1-5-6-12-23-18-38(19-25-28(23)36-29(37-30(25)40)22-13-15-24(34)16-14-22)27(39)17-26(35-32(42)44-33(2,3)4)31(41)43-20-21-10-8-7-9-11-21/h7-11,13-16,23,26H,5-6,12,17-20H2,1-4H3,(H,35,42)(H,36,37,40)/t23?,26-/m1/s1. The zero-order valence-corrected chi connectivity index (χ0v) is 26.3. The summed E-state index contributed by atoms with van der Waals surface area (Å²) in [5.74, 6) is -0.913. The molecule has 0 saturated heterocycles. The number of hydrogen-bond acceptors (Lipinski definition) is 7. The van der Waals surface area contributed by atoms with Crippen molar-refractivity contribution in [2.75, 3.05) is 6.54 Å². The van der Waals surface area contributed by atoms with Crippen molar-refractivity contribution in [3.63, 3.8) is 0 Å². The first kappa shape index (κ1) is 32.7. The summed E-state index contributed by atoms with van der Waals surface area (Å²) in [6.45, 7) is 7.50. The topological polar surface area (TPSA) is 131 Å². The highest BCUT2D eigenvalue weighted by Gasteiger charge is 2.35. The Balaban J connectivity index is 1.56. The van der Waals surface area contributed by atoms with Crippen molar-refractivity contribution in [1.29, 1.82) is 0 Å². The molecule has 2 N–H and O–H groups in total. The number of rotatable bonds is 10. The van der Waals surface area contributed by atoms with E-state index in [0.717, 1.165) is 30.4 Å². The lowest BCUT2D eigenvalue weighted by molar-refractivity contribution is -0.150. The van der Waals surface area contributed by atoms with Crippen LogP contribution >= 0.6 is 11.6 Å². The Labute approximate surface area is 262 Å². The molecule has 1 unspecified atom stereocenters. The number of carbonyl (C=O) groups excluding carboxylic acids is 3. The average molecular weight is 623 g/mol. The zero-order chi connectivity index (χ0) is 31.9. The third-order valence-corrected chi connectivity index (χ3v) is 7.43. The smallest absolute Gasteiger partial charge is 0.408 e. The molecule has 0 spiro atoms. The molecule has 0 fully saturated rings. The van der Waals surface area contributed by atoms with Crippen LogP contribution in [0.2, 0.25) is 5.02 Å². The summed E-state index contributed by atoms with van der Waals surface area (Å²) in [7, 11) is 0. The second kappa shape index (κ2) is 14.5. The Morgan fingerprint density at radius 2 is 1.82 bits per heavy atom. The molecule has 0 radical (unpaired) electrons. The summed E-state index contributed by atoms with van der Waals surface area (Å²) in [6.07, 6.45) is 1.33. The van der Waals surface area contributed by atoms with Crippen LogP contribution in [0.3, 0.4) is 0 Å². The fourth-order valence-corrected chi connectivity index (χ4v) is 5.13. The van der Waals surface area contributed by atoms with Crippen LogP contribution in [0.25, 0.3) is 11.4 Å². The van der Waals surface area contributed by atoms with Gasteiger partial charge in [0.2, 0.25) is 5.91 Å². The molecule has 1 aliphatic heterocycles. The van der Waals surface area contributed by atoms with E-state index in [1.807, 2.05) is 18.2 Å². The van der Waals surface area contributed by atoms with Gasteiger partial charge in [-0.3, -0.25) is 9.59 Å². The maximum absolute atomic E-state index is 13.7. The fraction of sp³-hybridized carbons (Fsp3) is 0.424. The summed E-state index contributed by atoms with van der Waals surface area (Å²) in [6, 6.07) is 14.9. The van der Waals surface area contributed by atoms with E-state index in [2.05, 4.69) is 17.2 Å². The summed E-state index contributed by atoms with van der Waals surface area (Å²) in [5.41, 5.74) is 1.43. The molecular formula is C33H39ClN4O6. The van der Waals surface area contributed by atoms with E-state index in [-0.39, 0.29) is 31.0 Å². The number of amides is 2. The molecule has 11 heteroatoms. The molecule has 0 bridgehead atoms. The first-order valence-corrected chi connectivity index (χ1v) is 15.2. The SMILES string of the molecule is CCCCC1CN(C(=O)C[C@@H](NC(=O)OC(C)(C)C)C(=O)OCc2ccccc2)Cc2c1nc(-c1ccc(Cl)cc1)[nH]c2=O. The minimum absolute atomic E-state index is 0.0203. The number of hydrogen-bond donors (Lipinski definition) is 2. The minimum atomic E-state index is -1.29. The van der Waals surface area contributed by atoms with Crippen molar-refractivity contribution in [1.82, 2.24) is 20.2 Å². The molecule has 4 rings (SSSR count). The number of nitrogens with zero attached hydrogens (tertiary/aromatic N) is 2. The first-order chi connectivity index (χ1) is 20.9. The van der Waals surface area contributed by atoms with E-state index in [1.54, 1.807) is 62.1 Å². The van der Waals surface area contributed by atoms with Crippen LogP contribution in [0.1, 0.15) is 76.1 Å². The van der Waals surface area contributed by atoms with Gasteiger partial charge >= 0.3 is 12.1 Å². The number of alkyl carbamates (subject to hydrolysis) is 1. The molecule has 3 aromatic rings. The zero-order valence-electron chi connectivity index (χ0n) is 25.5. The fourth-order valence-electron chi connectivity index (χ4n) is 5.00. The molecule has 0 aliphatic carbocycles. The molecule has 2 amide bonds. The number of benzene rings is 2. The Kier molecular flexibility index (Phi) is 10.8. The Hall–Kier alpha value is -4.18. The number of esters is 1. The number of halogens is 1. The van der Waals surface area contributed by atoms with Crippen LogP contribution in [0.5, 0.6) is 0 Å². The lowest BCUT2D eigenvalue weighted by Gasteiger charge is -2.34. The maximum Gasteiger partial charge on any atom is 0.408 e. The Morgan fingerprint density at radius 1 is 1.11 bits per heavy atom. The number of carbonyl (C=O) groups is 3. The lowest BCUT2D eigenvalue weighted by atomic mass is 9.90. The van der Waals surface area contributed by atoms with Gasteiger partial charge in [-0.2, -0.15) is 0 Å². The van der Waals surface area contributed by atoms with Gasteiger partial charge in [0.05, 0.1) is 24.2 Å². The van der Waals surface area contributed by atoms with Crippen molar-refractivity contribution in [3.8, 4) is 11.4 Å². The number of aromatic amines is 1. The predicted octanol–water partition coefficient (Wildman–Crippen LogP) is 5.73. The van der Waals surface area contributed by atoms with Crippen molar-refractivity contribution in [2.45, 2.75) is 84.1 Å². The van der Waals surface area contributed by atoms with Gasteiger partial charge in [0.1, 0.15) is 24.1 Å². The Morgan fingerprint density at radius 3 is 2.48 bits per heavy atom. The van der Waals surface area contributed by atoms with Gasteiger partial charge in [0.15, 0.2) is 0 Å². The number of H-pyrrole nitrogens is 1. The van der Waals surface area contributed by atoms with Crippen molar-refractivity contribution in [2.24, 2.45) is 0 Å². The van der Waals surface area contributed by atoms with Gasteiger partial charge < -0.3 is 24.7 Å². The van der Waals surface area contributed by atoms with Crippen molar-refractivity contribution >= 4 is 29.6 Å². The van der Waals surface area contributed by atoms with Crippen LogP contribution in [0.15, 0.2) is 59.4 Å². The number of ether oxygens (including phenoxy) is 2. The first-order valence-electron chi connectivity index (χ1n) is 14.8. The molecule has 10 nitrogen and oxygen atoms in total. The largest absolute Gasteiger partial charge is 0.459 e. The Bertz CT molecular complexity index is 1520. The highest BCUT2D eigenvalue weighted by molar-refractivity contribution is 6.30. The van der Waals surface area contributed by atoms with Gasteiger partial charge in [0, 0.05) is 23.0 Å². The highest BCUT2D eigenvalue weighted by Crippen LogP contribution is 2.31. The van der Waals surface area contributed by atoms with Crippen LogP contribution in [0, 0.1) is 0 Å². The second-order valence-corrected chi connectivity index (χ2v) is 12.3. The van der Waals surface area contributed by atoms with E-state index < -0.39 is 29.6 Å². The monoisotopic (exact) mass is 622 g/mol. The molecule has 2 atom stereocenters. The molecule has 2 aromatic carbocycles. The number of nitrogens with one attached hydrogen (secondary N) is 2. The predicted molar refractivity (Wildman–Crippen MR) is 167 cm³/mol.